The Morgan fingerprint density at radius 2 is 2.04 bits per heavy atom. The van der Waals surface area contributed by atoms with Gasteiger partial charge in [-0.15, -0.1) is 0 Å². The van der Waals surface area contributed by atoms with E-state index in [0.717, 1.165) is 19.5 Å². The molecule has 3 rings (SSSR count). The Kier molecular flexibility index (Phi) is 5.48. The first-order valence-corrected chi connectivity index (χ1v) is 10.3. The van der Waals surface area contributed by atoms with Crippen molar-refractivity contribution in [2.75, 3.05) is 38.6 Å². The number of benzene rings is 1. The van der Waals surface area contributed by atoms with Gasteiger partial charge >= 0.3 is 0 Å². The molecule has 1 aromatic carbocycles. The molecule has 1 fully saturated rings. The average Bonchev–Trinajstić information content (AvgIpc) is 2.85. The summed E-state index contributed by atoms with van der Waals surface area (Å²) >= 11 is 0. The quantitative estimate of drug-likeness (QED) is 0.847. The van der Waals surface area contributed by atoms with Crippen LogP contribution in [-0.4, -0.2) is 63.9 Å². The first kappa shape index (κ1) is 18.0. The van der Waals surface area contributed by atoms with Crippen molar-refractivity contribution in [2.45, 2.75) is 30.7 Å². The number of sulfone groups is 1. The van der Waals surface area contributed by atoms with Crippen LogP contribution in [0.5, 0.6) is 11.5 Å². The van der Waals surface area contributed by atoms with Gasteiger partial charge in [0.2, 0.25) is 5.91 Å². The number of hydrogen-bond donors (Lipinski definition) is 1. The molecule has 25 heavy (non-hydrogen) atoms. The summed E-state index contributed by atoms with van der Waals surface area (Å²) in [6, 6.07) is 4.71. The maximum absolute atomic E-state index is 12.6. The summed E-state index contributed by atoms with van der Waals surface area (Å²) in [7, 11) is -3.56. The second-order valence-electron chi connectivity index (χ2n) is 6.37. The zero-order valence-corrected chi connectivity index (χ0v) is 15.2. The third-order valence-corrected chi connectivity index (χ3v) is 6.20. The van der Waals surface area contributed by atoms with Crippen molar-refractivity contribution in [1.29, 1.82) is 0 Å². The molecule has 2 aliphatic heterocycles. The van der Waals surface area contributed by atoms with E-state index in [1.807, 2.05) is 6.92 Å². The number of carbonyl (C=O) groups is 1. The lowest BCUT2D eigenvalue weighted by Crippen LogP contribution is -2.52. The fourth-order valence-corrected chi connectivity index (χ4v) is 4.27. The van der Waals surface area contributed by atoms with Gasteiger partial charge in [-0.25, -0.2) is 8.42 Å². The topological polar surface area (TPSA) is 84.9 Å². The van der Waals surface area contributed by atoms with E-state index in [-0.39, 0.29) is 29.0 Å². The lowest BCUT2D eigenvalue weighted by Gasteiger charge is -2.34. The van der Waals surface area contributed by atoms with Crippen molar-refractivity contribution in [3.05, 3.63) is 18.2 Å². The number of fused-ring (bicyclic) bond motifs is 1. The van der Waals surface area contributed by atoms with Crippen molar-refractivity contribution >= 4 is 15.7 Å². The fraction of sp³-hybridized carbons (Fsp3) is 0.588. The first-order valence-electron chi connectivity index (χ1n) is 8.60. The van der Waals surface area contributed by atoms with E-state index in [1.54, 1.807) is 11.0 Å². The number of ether oxygens (including phenoxy) is 2. The Hall–Kier alpha value is -1.80. The third kappa shape index (κ3) is 4.24. The van der Waals surface area contributed by atoms with Crippen molar-refractivity contribution in [3.63, 3.8) is 0 Å². The Morgan fingerprint density at radius 1 is 1.28 bits per heavy atom. The summed E-state index contributed by atoms with van der Waals surface area (Å²) in [5.41, 5.74) is 0. The van der Waals surface area contributed by atoms with Crippen LogP contribution >= 0.6 is 0 Å². The van der Waals surface area contributed by atoms with Crippen LogP contribution in [0.15, 0.2) is 23.1 Å². The molecule has 1 N–H and O–H groups in total. The number of nitrogens with zero attached hydrogens (tertiary/aromatic N) is 1. The summed E-state index contributed by atoms with van der Waals surface area (Å²) in [6.45, 7) is 5.10. The van der Waals surface area contributed by atoms with Crippen molar-refractivity contribution in [3.8, 4) is 11.5 Å². The van der Waals surface area contributed by atoms with E-state index < -0.39 is 9.84 Å². The normalized spacial score (nSPS) is 20.8. The molecule has 8 heteroatoms. The number of rotatable bonds is 4. The monoisotopic (exact) mass is 368 g/mol. The predicted molar refractivity (Wildman–Crippen MR) is 92.8 cm³/mol. The van der Waals surface area contributed by atoms with Gasteiger partial charge in [-0.05, 0) is 19.1 Å². The lowest BCUT2D eigenvalue weighted by molar-refractivity contribution is -0.133. The van der Waals surface area contributed by atoms with Crippen LogP contribution in [0.3, 0.4) is 0 Å². The van der Waals surface area contributed by atoms with Crippen LogP contribution in [-0.2, 0) is 14.6 Å². The molecule has 0 aromatic heterocycles. The van der Waals surface area contributed by atoms with Gasteiger partial charge in [0.15, 0.2) is 21.3 Å². The molecule has 0 radical (unpaired) electrons. The van der Waals surface area contributed by atoms with Crippen LogP contribution in [0.2, 0.25) is 0 Å². The number of nitrogens with one attached hydrogen (secondary N) is 1. The maximum atomic E-state index is 12.6. The van der Waals surface area contributed by atoms with E-state index in [2.05, 4.69) is 5.32 Å². The molecule has 0 saturated carbocycles. The largest absolute Gasteiger partial charge is 0.490 e. The van der Waals surface area contributed by atoms with E-state index in [9.17, 15) is 13.2 Å². The number of carbonyl (C=O) groups excluding carboxylic acids is 1. The summed E-state index contributed by atoms with van der Waals surface area (Å²) in [6.07, 6.45) is 0.745. The standard InChI is InChI=1S/C17H24N2O5S/c1-13-12-18-6-7-19(13)17(20)5-10-25(21,22)14-3-4-15-16(11-14)24-9-2-8-23-15/h3-4,11,13,18H,2,5-10,12H2,1H3/t13-/m0/s1. The third-order valence-electron chi connectivity index (χ3n) is 4.48. The van der Waals surface area contributed by atoms with E-state index in [0.29, 0.717) is 31.3 Å². The molecule has 1 saturated heterocycles. The minimum Gasteiger partial charge on any atom is -0.490 e. The van der Waals surface area contributed by atoms with Gasteiger partial charge in [0, 0.05) is 44.6 Å². The summed E-state index contributed by atoms with van der Waals surface area (Å²) in [5.74, 6) is 0.678. The van der Waals surface area contributed by atoms with E-state index in [1.165, 1.54) is 12.1 Å². The zero-order valence-electron chi connectivity index (χ0n) is 14.4. The van der Waals surface area contributed by atoms with Crippen LogP contribution in [0.25, 0.3) is 0 Å². The highest BCUT2D eigenvalue weighted by atomic mass is 32.2. The second kappa shape index (κ2) is 7.61. The highest BCUT2D eigenvalue weighted by Gasteiger charge is 2.25. The second-order valence-corrected chi connectivity index (χ2v) is 8.48. The molecule has 138 valence electrons. The van der Waals surface area contributed by atoms with Gasteiger partial charge in [-0.3, -0.25) is 4.79 Å². The molecule has 1 amide bonds. The van der Waals surface area contributed by atoms with Gasteiger partial charge in [0.05, 0.1) is 23.9 Å². The van der Waals surface area contributed by atoms with Gasteiger partial charge < -0.3 is 19.7 Å². The average molecular weight is 368 g/mol. The van der Waals surface area contributed by atoms with Crippen molar-refractivity contribution in [1.82, 2.24) is 10.2 Å². The molecule has 0 spiro atoms. The number of piperazine rings is 1. The highest BCUT2D eigenvalue weighted by molar-refractivity contribution is 7.91. The van der Waals surface area contributed by atoms with Gasteiger partial charge in [-0.1, -0.05) is 0 Å². The molecule has 7 nitrogen and oxygen atoms in total. The Labute approximate surface area is 148 Å². The van der Waals surface area contributed by atoms with E-state index in [4.69, 9.17) is 9.47 Å². The summed E-state index contributed by atoms with van der Waals surface area (Å²) in [5, 5.41) is 3.21. The Morgan fingerprint density at radius 3 is 2.80 bits per heavy atom. The molecular weight excluding hydrogens is 344 g/mol. The highest BCUT2D eigenvalue weighted by Crippen LogP contribution is 2.32. The predicted octanol–water partition coefficient (Wildman–Crippen LogP) is 0.832. The van der Waals surface area contributed by atoms with E-state index >= 15 is 0 Å². The summed E-state index contributed by atoms with van der Waals surface area (Å²) < 4.78 is 36.3. The molecule has 2 heterocycles. The minimum absolute atomic E-state index is 0.0128. The summed E-state index contributed by atoms with van der Waals surface area (Å²) in [4.78, 5) is 14.3. The lowest BCUT2D eigenvalue weighted by atomic mass is 10.2. The molecule has 2 aliphatic rings. The van der Waals surface area contributed by atoms with Crippen LogP contribution in [0.1, 0.15) is 19.8 Å². The van der Waals surface area contributed by atoms with Crippen molar-refractivity contribution < 1.29 is 22.7 Å². The molecule has 0 aliphatic carbocycles. The SMILES string of the molecule is C[C@H]1CNCCN1C(=O)CCS(=O)(=O)c1ccc2c(c1)OCCCO2. The van der Waals surface area contributed by atoms with Crippen LogP contribution < -0.4 is 14.8 Å². The number of hydrogen-bond acceptors (Lipinski definition) is 6. The zero-order chi connectivity index (χ0) is 17.9. The Balaban J connectivity index is 1.67. The van der Waals surface area contributed by atoms with Gasteiger partial charge in [0.1, 0.15) is 0 Å². The van der Waals surface area contributed by atoms with Gasteiger partial charge in [0.25, 0.3) is 0 Å². The molecular formula is C17H24N2O5S. The molecule has 1 atom stereocenters. The molecule has 1 aromatic rings. The number of amides is 1. The van der Waals surface area contributed by atoms with Crippen molar-refractivity contribution in [2.24, 2.45) is 0 Å². The minimum atomic E-state index is -3.56. The fourth-order valence-electron chi connectivity index (χ4n) is 3.03. The molecule has 0 unspecified atom stereocenters. The smallest absolute Gasteiger partial charge is 0.223 e. The van der Waals surface area contributed by atoms with Crippen LogP contribution in [0, 0.1) is 0 Å². The van der Waals surface area contributed by atoms with Gasteiger partial charge in [-0.2, -0.15) is 0 Å². The maximum Gasteiger partial charge on any atom is 0.223 e. The van der Waals surface area contributed by atoms with Crippen LogP contribution in [0.4, 0.5) is 0 Å². The Bertz CT molecular complexity index is 735. The first-order chi connectivity index (χ1) is 12.0. The molecule has 0 bridgehead atoms.